The molecular weight excluding hydrogens is 220 g/mol. The lowest BCUT2D eigenvalue weighted by Crippen LogP contribution is -2.15. The van der Waals surface area contributed by atoms with Crippen molar-refractivity contribution in [2.24, 2.45) is 0 Å². The summed E-state index contributed by atoms with van der Waals surface area (Å²) < 4.78 is 0.915. The third kappa shape index (κ3) is 1.69. The summed E-state index contributed by atoms with van der Waals surface area (Å²) in [6.45, 7) is 4.61. The van der Waals surface area contributed by atoms with Crippen LogP contribution in [0.2, 0.25) is 0 Å². The Morgan fingerprint density at radius 1 is 1.67 bits per heavy atom. The molecule has 66 valence electrons. The van der Waals surface area contributed by atoms with Crippen LogP contribution in [-0.4, -0.2) is 11.5 Å². The highest BCUT2D eigenvalue weighted by molar-refractivity contribution is 9.10. The van der Waals surface area contributed by atoms with Gasteiger partial charge in [-0.25, -0.2) is 0 Å². The van der Waals surface area contributed by atoms with Crippen LogP contribution in [0.3, 0.4) is 0 Å². The second kappa shape index (κ2) is 3.76. The van der Waals surface area contributed by atoms with E-state index in [1.807, 2.05) is 13.8 Å². The molecule has 3 nitrogen and oxygen atoms in total. The van der Waals surface area contributed by atoms with Gasteiger partial charge in [-0.3, -0.25) is 4.79 Å². The van der Waals surface area contributed by atoms with Gasteiger partial charge in [-0.2, -0.15) is 0 Å². The standard InChI is InChI=1S/C8H11BrN2O/c1-3-10-7-5(2)6(9)4-11-8(7)12/h4,10H,3H2,1-2H3,(H,11,12). The van der Waals surface area contributed by atoms with Crippen molar-refractivity contribution < 1.29 is 0 Å². The summed E-state index contributed by atoms with van der Waals surface area (Å²) >= 11 is 3.34. The minimum atomic E-state index is -0.0717. The molecule has 1 aromatic rings. The third-order valence-corrected chi connectivity index (χ3v) is 2.47. The minimum Gasteiger partial charge on any atom is -0.381 e. The van der Waals surface area contributed by atoms with Gasteiger partial charge in [-0.1, -0.05) is 0 Å². The molecule has 0 amide bonds. The number of hydrogen-bond donors (Lipinski definition) is 2. The molecule has 0 spiro atoms. The molecule has 4 heteroatoms. The lowest BCUT2D eigenvalue weighted by atomic mass is 10.2. The predicted octanol–water partition coefficient (Wildman–Crippen LogP) is 1.88. The molecule has 2 N–H and O–H groups in total. The van der Waals surface area contributed by atoms with Gasteiger partial charge in [-0.05, 0) is 35.3 Å². The second-order valence-corrected chi connectivity index (χ2v) is 3.35. The summed E-state index contributed by atoms with van der Waals surface area (Å²) in [6.07, 6.45) is 1.65. The molecule has 0 aliphatic heterocycles. The van der Waals surface area contributed by atoms with E-state index < -0.39 is 0 Å². The summed E-state index contributed by atoms with van der Waals surface area (Å²) in [6, 6.07) is 0. The number of hydrogen-bond acceptors (Lipinski definition) is 2. The maximum Gasteiger partial charge on any atom is 0.271 e. The number of aromatic nitrogens is 1. The molecule has 1 aromatic heterocycles. The molecule has 1 rings (SSSR count). The van der Waals surface area contributed by atoms with Crippen LogP contribution in [-0.2, 0) is 0 Å². The highest BCUT2D eigenvalue weighted by atomic mass is 79.9. The molecule has 0 saturated heterocycles. The highest BCUT2D eigenvalue weighted by Crippen LogP contribution is 2.18. The third-order valence-electron chi connectivity index (χ3n) is 1.64. The molecule has 0 aliphatic rings. The van der Waals surface area contributed by atoms with Crippen LogP contribution in [0.25, 0.3) is 0 Å². The van der Waals surface area contributed by atoms with Crippen molar-refractivity contribution in [1.82, 2.24) is 4.98 Å². The maximum absolute atomic E-state index is 11.2. The van der Waals surface area contributed by atoms with Gasteiger partial charge in [0.2, 0.25) is 0 Å². The summed E-state index contributed by atoms with van der Waals surface area (Å²) in [5.74, 6) is 0. The molecule has 0 bridgehead atoms. The number of aromatic amines is 1. The Morgan fingerprint density at radius 2 is 2.33 bits per heavy atom. The van der Waals surface area contributed by atoms with Crippen LogP contribution in [0, 0.1) is 6.92 Å². The van der Waals surface area contributed by atoms with E-state index in [1.54, 1.807) is 6.20 Å². The monoisotopic (exact) mass is 230 g/mol. The molecule has 1 heterocycles. The minimum absolute atomic E-state index is 0.0717. The number of halogens is 1. The molecule has 0 atom stereocenters. The molecule has 0 fully saturated rings. The summed E-state index contributed by atoms with van der Waals surface area (Å²) in [5, 5.41) is 3.01. The van der Waals surface area contributed by atoms with E-state index in [2.05, 4.69) is 26.2 Å². The maximum atomic E-state index is 11.2. The topological polar surface area (TPSA) is 44.9 Å². The van der Waals surface area contributed by atoms with Crippen molar-refractivity contribution in [2.75, 3.05) is 11.9 Å². The molecular formula is C8H11BrN2O. The second-order valence-electron chi connectivity index (χ2n) is 2.50. The van der Waals surface area contributed by atoms with Crippen LogP contribution in [0.1, 0.15) is 12.5 Å². The van der Waals surface area contributed by atoms with E-state index in [9.17, 15) is 4.79 Å². The van der Waals surface area contributed by atoms with Crippen molar-refractivity contribution in [3.05, 3.63) is 26.6 Å². The van der Waals surface area contributed by atoms with Gasteiger partial charge < -0.3 is 10.3 Å². The Bertz CT molecular complexity index is 332. The Hall–Kier alpha value is -0.770. The Balaban J connectivity index is 3.23. The first kappa shape index (κ1) is 9.32. The summed E-state index contributed by atoms with van der Waals surface area (Å²) in [7, 11) is 0. The van der Waals surface area contributed by atoms with Gasteiger partial charge in [-0.15, -0.1) is 0 Å². The lowest BCUT2D eigenvalue weighted by Gasteiger charge is -2.06. The Kier molecular flexibility index (Phi) is 2.92. The summed E-state index contributed by atoms with van der Waals surface area (Å²) in [5.41, 5.74) is 1.52. The van der Waals surface area contributed by atoms with Crippen molar-refractivity contribution in [3.8, 4) is 0 Å². The van der Waals surface area contributed by atoms with Crippen molar-refractivity contribution >= 4 is 21.6 Å². The van der Waals surface area contributed by atoms with Crippen LogP contribution < -0.4 is 10.9 Å². The predicted molar refractivity (Wildman–Crippen MR) is 53.7 cm³/mol. The molecule has 0 radical (unpaired) electrons. The van der Waals surface area contributed by atoms with E-state index in [-0.39, 0.29) is 5.56 Å². The summed E-state index contributed by atoms with van der Waals surface area (Å²) in [4.78, 5) is 13.9. The van der Waals surface area contributed by atoms with Gasteiger partial charge in [0, 0.05) is 17.2 Å². The molecule has 0 aliphatic carbocycles. The Labute approximate surface area is 79.3 Å². The van der Waals surface area contributed by atoms with Gasteiger partial charge in [0.15, 0.2) is 0 Å². The zero-order valence-electron chi connectivity index (χ0n) is 7.07. The first-order valence-corrected chi connectivity index (χ1v) is 4.57. The van der Waals surface area contributed by atoms with Crippen LogP contribution >= 0.6 is 15.9 Å². The zero-order chi connectivity index (χ0) is 9.14. The van der Waals surface area contributed by atoms with Crippen LogP contribution in [0.5, 0.6) is 0 Å². The van der Waals surface area contributed by atoms with E-state index in [0.717, 1.165) is 16.6 Å². The fraction of sp³-hybridized carbons (Fsp3) is 0.375. The molecule has 0 aromatic carbocycles. The number of pyridine rings is 1. The van der Waals surface area contributed by atoms with Gasteiger partial charge in [0.05, 0.1) is 0 Å². The van der Waals surface area contributed by atoms with Crippen molar-refractivity contribution in [3.63, 3.8) is 0 Å². The molecule has 0 saturated carbocycles. The Morgan fingerprint density at radius 3 is 2.92 bits per heavy atom. The normalized spacial score (nSPS) is 9.92. The lowest BCUT2D eigenvalue weighted by molar-refractivity contribution is 1.13. The highest BCUT2D eigenvalue weighted by Gasteiger charge is 2.04. The molecule has 12 heavy (non-hydrogen) atoms. The quantitative estimate of drug-likeness (QED) is 0.816. The number of H-pyrrole nitrogens is 1. The average molecular weight is 231 g/mol. The van der Waals surface area contributed by atoms with Gasteiger partial charge >= 0.3 is 0 Å². The average Bonchev–Trinajstić information content (AvgIpc) is 2.06. The van der Waals surface area contributed by atoms with Gasteiger partial charge in [0.25, 0.3) is 5.56 Å². The fourth-order valence-electron chi connectivity index (χ4n) is 0.989. The van der Waals surface area contributed by atoms with Gasteiger partial charge in [0.1, 0.15) is 5.69 Å². The van der Waals surface area contributed by atoms with Crippen LogP contribution in [0.4, 0.5) is 5.69 Å². The zero-order valence-corrected chi connectivity index (χ0v) is 8.66. The van der Waals surface area contributed by atoms with Crippen molar-refractivity contribution in [1.29, 1.82) is 0 Å². The van der Waals surface area contributed by atoms with E-state index >= 15 is 0 Å². The molecule has 0 unspecified atom stereocenters. The van der Waals surface area contributed by atoms with E-state index in [1.165, 1.54) is 0 Å². The number of anilines is 1. The smallest absolute Gasteiger partial charge is 0.271 e. The number of nitrogens with one attached hydrogen (secondary N) is 2. The first-order valence-electron chi connectivity index (χ1n) is 3.78. The number of rotatable bonds is 2. The van der Waals surface area contributed by atoms with E-state index in [0.29, 0.717) is 5.69 Å². The fourth-order valence-corrected chi connectivity index (χ4v) is 1.30. The first-order chi connectivity index (χ1) is 5.66. The SMILES string of the molecule is CCNc1c(C)c(Br)c[nH]c1=O. The van der Waals surface area contributed by atoms with E-state index in [4.69, 9.17) is 0 Å². The largest absolute Gasteiger partial charge is 0.381 e. The van der Waals surface area contributed by atoms with Crippen molar-refractivity contribution in [2.45, 2.75) is 13.8 Å². The van der Waals surface area contributed by atoms with Crippen LogP contribution in [0.15, 0.2) is 15.5 Å².